The number of methoxy groups -OCH3 is 1. The Morgan fingerprint density at radius 2 is 2.19 bits per heavy atom. The number of benzene rings is 1. The molecule has 2 aromatic rings. The van der Waals surface area contributed by atoms with Gasteiger partial charge in [0.25, 0.3) is 0 Å². The zero-order valence-corrected chi connectivity index (χ0v) is 8.92. The third-order valence-electron chi connectivity index (χ3n) is 2.22. The first kappa shape index (κ1) is 10.6. The molecule has 0 atom stereocenters. The van der Waals surface area contributed by atoms with Crippen molar-refractivity contribution in [2.24, 2.45) is 0 Å². The Hall–Kier alpha value is -1.94. The largest absolute Gasteiger partial charge is 0.467 e. The highest BCUT2D eigenvalue weighted by molar-refractivity contribution is 5.59. The van der Waals surface area contributed by atoms with Crippen molar-refractivity contribution in [1.29, 1.82) is 0 Å². The Morgan fingerprint density at radius 1 is 1.31 bits per heavy atom. The highest BCUT2D eigenvalue weighted by Gasteiger charge is 2.02. The number of aromatic nitrogens is 2. The molecule has 1 N–H and O–H groups in total. The molecule has 1 aromatic carbocycles. The van der Waals surface area contributed by atoms with E-state index < -0.39 is 0 Å². The van der Waals surface area contributed by atoms with Gasteiger partial charge in [-0.1, -0.05) is 18.2 Å². The molecule has 0 radical (unpaired) electrons. The molecular formula is C12H12N2O2. The van der Waals surface area contributed by atoms with E-state index in [9.17, 15) is 0 Å². The summed E-state index contributed by atoms with van der Waals surface area (Å²) in [7, 11) is 1.53. The summed E-state index contributed by atoms with van der Waals surface area (Å²) in [6.07, 6.45) is 1.65. The molecular weight excluding hydrogens is 204 g/mol. The van der Waals surface area contributed by atoms with E-state index in [-0.39, 0.29) is 6.61 Å². The third kappa shape index (κ3) is 2.17. The summed E-state index contributed by atoms with van der Waals surface area (Å²) in [6.45, 7) is 0.0239. The van der Waals surface area contributed by atoms with Crippen LogP contribution in [0.3, 0.4) is 0 Å². The van der Waals surface area contributed by atoms with E-state index in [2.05, 4.69) is 9.97 Å². The number of hydrogen-bond donors (Lipinski definition) is 1. The second kappa shape index (κ2) is 4.72. The van der Waals surface area contributed by atoms with Crippen LogP contribution in [0.1, 0.15) is 5.56 Å². The molecule has 0 saturated carbocycles. The smallest absolute Gasteiger partial charge is 0.316 e. The highest BCUT2D eigenvalue weighted by atomic mass is 16.5. The van der Waals surface area contributed by atoms with E-state index >= 15 is 0 Å². The van der Waals surface area contributed by atoms with E-state index in [0.717, 1.165) is 16.8 Å². The molecule has 0 aliphatic heterocycles. The molecule has 0 fully saturated rings. The van der Waals surface area contributed by atoms with E-state index in [1.807, 2.05) is 24.3 Å². The lowest BCUT2D eigenvalue weighted by molar-refractivity contribution is 0.282. The van der Waals surface area contributed by atoms with Crippen LogP contribution in [0.15, 0.2) is 36.5 Å². The maximum atomic E-state index is 9.05. The third-order valence-corrected chi connectivity index (χ3v) is 2.22. The maximum Gasteiger partial charge on any atom is 0.316 e. The predicted octanol–water partition coefficient (Wildman–Crippen LogP) is 1.64. The van der Waals surface area contributed by atoms with Gasteiger partial charge in [0.1, 0.15) is 0 Å². The lowest BCUT2D eigenvalue weighted by atomic mass is 10.1. The average molecular weight is 216 g/mol. The van der Waals surface area contributed by atoms with Crippen molar-refractivity contribution in [2.45, 2.75) is 6.61 Å². The van der Waals surface area contributed by atoms with E-state index in [1.54, 1.807) is 12.3 Å². The minimum Gasteiger partial charge on any atom is -0.467 e. The van der Waals surface area contributed by atoms with Gasteiger partial charge in [0.15, 0.2) is 0 Å². The standard InChI is InChI=1S/C12H12N2O2/c1-16-12-13-6-5-11(14-12)10-4-2-3-9(7-10)8-15/h2-7,15H,8H2,1H3. The molecule has 82 valence electrons. The van der Waals surface area contributed by atoms with Crippen LogP contribution in [0.25, 0.3) is 11.3 Å². The molecule has 0 aliphatic rings. The van der Waals surface area contributed by atoms with Gasteiger partial charge in [-0.15, -0.1) is 0 Å². The van der Waals surface area contributed by atoms with Crippen LogP contribution in [0, 0.1) is 0 Å². The van der Waals surface area contributed by atoms with E-state index in [4.69, 9.17) is 9.84 Å². The van der Waals surface area contributed by atoms with Crippen LogP contribution < -0.4 is 4.74 Å². The molecule has 0 bridgehead atoms. The van der Waals surface area contributed by atoms with E-state index in [0.29, 0.717) is 6.01 Å². The van der Waals surface area contributed by atoms with Gasteiger partial charge in [-0.25, -0.2) is 4.98 Å². The van der Waals surface area contributed by atoms with Crippen molar-refractivity contribution in [3.05, 3.63) is 42.1 Å². The Kier molecular flexibility index (Phi) is 3.12. The molecule has 0 saturated heterocycles. The summed E-state index contributed by atoms with van der Waals surface area (Å²) in [5.41, 5.74) is 2.57. The van der Waals surface area contributed by atoms with Gasteiger partial charge in [-0.2, -0.15) is 4.98 Å². The van der Waals surface area contributed by atoms with Gasteiger partial charge >= 0.3 is 6.01 Å². The first-order valence-electron chi connectivity index (χ1n) is 4.90. The van der Waals surface area contributed by atoms with Crippen LogP contribution in [-0.2, 0) is 6.61 Å². The van der Waals surface area contributed by atoms with Crippen molar-refractivity contribution in [2.75, 3.05) is 7.11 Å². The lowest BCUT2D eigenvalue weighted by Gasteiger charge is -2.04. The summed E-state index contributed by atoms with van der Waals surface area (Å²) in [5.74, 6) is 0. The monoisotopic (exact) mass is 216 g/mol. The Bertz CT molecular complexity index is 440. The number of nitrogens with zero attached hydrogens (tertiary/aromatic N) is 2. The molecule has 1 heterocycles. The zero-order chi connectivity index (χ0) is 11.4. The van der Waals surface area contributed by atoms with Crippen molar-refractivity contribution >= 4 is 0 Å². The normalized spacial score (nSPS) is 10.1. The Labute approximate surface area is 93.6 Å². The van der Waals surface area contributed by atoms with Gasteiger partial charge < -0.3 is 9.84 Å². The Morgan fingerprint density at radius 3 is 2.94 bits per heavy atom. The van der Waals surface area contributed by atoms with Crippen LogP contribution in [0.4, 0.5) is 0 Å². The van der Waals surface area contributed by atoms with Gasteiger partial charge in [0.2, 0.25) is 0 Å². The highest BCUT2D eigenvalue weighted by Crippen LogP contribution is 2.19. The quantitative estimate of drug-likeness (QED) is 0.847. The topological polar surface area (TPSA) is 55.2 Å². The number of rotatable bonds is 3. The average Bonchev–Trinajstić information content (AvgIpc) is 2.39. The van der Waals surface area contributed by atoms with Crippen molar-refractivity contribution < 1.29 is 9.84 Å². The molecule has 16 heavy (non-hydrogen) atoms. The molecule has 0 amide bonds. The molecule has 0 unspecified atom stereocenters. The SMILES string of the molecule is COc1nccc(-c2cccc(CO)c2)n1. The molecule has 0 aliphatic carbocycles. The maximum absolute atomic E-state index is 9.05. The van der Waals surface area contributed by atoms with Crippen molar-refractivity contribution in [3.8, 4) is 17.3 Å². The summed E-state index contributed by atoms with van der Waals surface area (Å²) in [4.78, 5) is 8.17. The van der Waals surface area contributed by atoms with Crippen molar-refractivity contribution in [3.63, 3.8) is 0 Å². The summed E-state index contributed by atoms with van der Waals surface area (Å²) in [6, 6.07) is 9.71. The van der Waals surface area contributed by atoms with E-state index in [1.165, 1.54) is 7.11 Å². The van der Waals surface area contributed by atoms with Gasteiger partial charge in [-0.05, 0) is 17.7 Å². The second-order valence-corrected chi connectivity index (χ2v) is 3.29. The van der Waals surface area contributed by atoms with Crippen LogP contribution in [-0.4, -0.2) is 22.2 Å². The summed E-state index contributed by atoms with van der Waals surface area (Å²) < 4.78 is 4.96. The molecule has 1 aromatic heterocycles. The number of hydrogen-bond acceptors (Lipinski definition) is 4. The summed E-state index contributed by atoms with van der Waals surface area (Å²) in [5, 5.41) is 9.05. The van der Waals surface area contributed by atoms with Crippen LogP contribution >= 0.6 is 0 Å². The van der Waals surface area contributed by atoms with Crippen molar-refractivity contribution in [1.82, 2.24) is 9.97 Å². The fraction of sp³-hybridized carbons (Fsp3) is 0.167. The minimum atomic E-state index is 0.0239. The van der Waals surface area contributed by atoms with Gasteiger partial charge in [-0.3, -0.25) is 0 Å². The molecule has 4 heteroatoms. The minimum absolute atomic E-state index is 0.0239. The molecule has 2 rings (SSSR count). The zero-order valence-electron chi connectivity index (χ0n) is 8.92. The van der Waals surface area contributed by atoms with Crippen LogP contribution in [0.5, 0.6) is 6.01 Å². The van der Waals surface area contributed by atoms with Gasteiger partial charge in [0.05, 0.1) is 19.4 Å². The fourth-order valence-electron chi connectivity index (χ4n) is 1.43. The lowest BCUT2D eigenvalue weighted by Crippen LogP contribution is -1.93. The molecule has 4 nitrogen and oxygen atoms in total. The summed E-state index contributed by atoms with van der Waals surface area (Å²) >= 11 is 0. The number of aliphatic hydroxyl groups is 1. The van der Waals surface area contributed by atoms with Gasteiger partial charge in [0, 0.05) is 11.8 Å². The molecule has 0 spiro atoms. The number of ether oxygens (including phenoxy) is 1. The second-order valence-electron chi connectivity index (χ2n) is 3.29. The Balaban J connectivity index is 2.41. The number of aliphatic hydroxyl groups excluding tert-OH is 1. The first-order chi connectivity index (χ1) is 7.83. The van der Waals surface area contributed by atoms with Crippen LogP contribution in [0.2, 0.25) is 0 Å². The predicted molar refractivity (Wildman–Crippen MR) is 59.9 cm³/mol. The fourth-order valence-corrected chi connectivity index (χ4v) is 1.43. The first-order valence-corrected chi connectivity index (χ1v) is 4.90.